The maximum atomic E-state index is 2.54. The number of anilines is 5. The van der Waals surface area contributed by atoms with Crippen LogP contribution >= 0.6 is 0 Å². The number of allylic oxidation sites excluding steroid dienone is 2. The monoisotopic (exact) mass is 690 g/mol. The summed E-state index contributed by atoms with van der Waals surface area (Å²) in [6.07, 6.45) is 9.09. The van der Waals surface area contributed by atoms with Gasteiger partial charge in [0.1, 0.15) is 0 Å². The van der Waals surface area contributed by atoms with Crippen LogP contribution < -0.4 is 9.80 Å². The minimum Gasteiger partial charge on any atom is -0.333 e. The maximum absolute atomic E-state index is 2.54. The minimum atomic E-state index is 0.247. The van der Waals surface area contributed by atoms with Crippen molar-refractivity contribution >= 4 is 39.2 Å². The molecule has 0 aromatic heterocycles. The van der Waals surface area contributed by atoms with E-state index in [1.807, 2.05) is 0 Å². The highest BCUT2D eigenvalue weighted by Gasteiger charge is 2.38. The van der Waals surface area contributed by atoms with Crippen molar-refractivity contribution in [3.05, 3.63) is 224 Å². The molecule has 1 aliphatic carbocycles. The molecule has 8 aromatic rings. The first-order valence-electron chi connectivity index (χ1n) is 18.8. The predicted octanol–water partition coefficient (Wildman–Crippen LogP) is 14.0. The van der Waals surface area contributed by atoms with Gasteiger partial charge in [0.15, 0.2) is 0 Å². The third kappa shape index (κ3) is 5.60. The van der Waals surface area contributed by atoms with Crippen molar-refractivity contribution in [2.24, 2.45) is 0 Å². The van der Waals surface area contributed by atoms with Gasteiger partial charge >= 0.3 is 0 Å². The minimum absolute atomic E-state index is 0.247. The Morgan fingerprint density at radius 1 is 0.407 bits per heavy atom. The molecular weight excluding hydrogens is 653 g/mol. The van der Waals surface area contributed by atoms with Crippen molar-refractivity contribution in [1.29, 1.82) is 0 Å². The van der Waals surface area contributed by atoms with E-state index in [-0.39, 0.29) is 6.04 Å². The lowest BCUT2D eigenvalue weighted by molar-refractivity contribution is 0.745. The van der Waals surface area contributed by atoms with Crippen LogP contribution in [0.15, 0.2) is 218 Å². The topological polar surface area (TPSA) is 6.48 Å². The molecule has 10 rings (SSSR count). The lowest BCUT2D eigenvalue weighted by Gasteiger charge is -2.30. The van der Waals surface area contributed by atoms with Crippen LogP contribution in [0.3, 0.4) is 0 Å². The molecule has 2 nitrogen and oxygen atoms in total. The molecule has 0 spiro atoms. The molecule has 0 saturated heterocycles. The van der Waals surface area contributed by atoms with Gasteiger partial charge in [-0.15, -0.1) is 0 Å². The first kappa shape index (κ1) is 31.8. The molecule has 0 N–H and O–H groups in total. The average molecular weight is 691 g/mol. The normalized spacial score (nSPS) is 15.6. The van der Waals surface area contributed by atoms with Crippen LogP contribution in [0, 0.1) is 0 Å². The Hall–Kier alpha value is -6.90. The van der Waals surface area contributed by atoms with E-state index in [4.69, 9.17) is 0 Å². The summed E-state index contributed by atoms with van der Waals surface area (Å²) < 4.78 is 0. The summed E-state index contributed by atoms with van der Waals surface area (Å²) in [6.45, 7) is 0. The van der Waals surface area contributed by atoms with Gasteiger partial charge in [-0.05, 0) is 92.9 Å². The van der Waals surface area contributed by atoms with Crippen LogP contribution in [-0.2, 0) is 0 Å². The lowest BCUT2D eigenvalue weighted by Crippen LogP contribution is -2.28. The highest BCUT2D eigenvalue weighted by molar-refractivity contribution is 6.02. The second-order valence-corrected chi connectivity index (χ2v) is 14.1. The quantitative estimate of drug-likeness (QED) is 0.164. The van der Waals surface area contributed by atoms with Gasteiger partial charge < -0.3 is 9.80 Å². The van der Waals surface area contributed by atoms with E-state index in [1.165, 1.54) is 61.1 Å². The Morgan fingerprint density at radius 3 is 1.67 bits per heavy atom. The van der Waals surface area contributed by atoms with Gasteiger partial charge in [0.2, 0.25) is 0 Å². The Kier molecular flexibility index (Phi) is 8.00. The standard InChI is InChI=1S/C52H38N2/c1-5-15-37(16-6-1)38-25-28-43(29-26-38)53(45-30-33-46(39-17-7-2-8-18-39)50(36-45)40-19-9-3-10-20-40)44-31-34-47-41(35-44)27-32-49-48-23-13-14-24-51(48)54(52(47)49)42-21-11-4-12-22-42/h1-36,48,51H. The summed E-state index contributed by atoms with van der Waals surface area (Å²) >= 11 is 0. The number of hydrogen-bond donors (Lipinski definition) is 0. The zero-order chi connectivity index (χ0) is 35.8. The number of benzene rings is 8. The van der Waals surface area contributed by atoms with Gasteiger partial charge in [-0.2, -0.15) is 0 Å². The molecule has 2 heteroatoms. The first-order chi connectivity index (χ1) is 26.8. The average Bonchev–Trinajstić information content (AvgIpc) is 3.60. The third-order valence-electron chi connectivity index (χ3n) is 11.0. The number of para-hydroxylation sites is 1. The van der Waals surface area contributed by atoms with E-state index in [0.29, 0.717) is 5.92 Å². The second-order valence-electron chi connectivity index (χ2n) is 14.1. The van der Waals surface area contributed by atoms with Crippen LogP contribution in [0.25, 0.3) is 44.2 Å². The molecule has 1 heterocycles. The van der Waals surface area contributed by atoms with E-state index in [0.717, 1.165) is 17.1 Å². The van der Waals surface area contributed by atoms with Crippen molar-refractivity contribution < 1.29 is 0 Å². The van der Waals surface area contributed by atoms with Gasteiger partial charge in [-0.1, -0.05) is 170 Å². The smallest absolute Gasteiger partial charge is 0.0629 e. The Balaban J connectivity index is 1.15. The van der Waals surface area contributed by atoms with E-state index in [2.05, 4.69) is 228 Å². The van der Waals surface area contributed by atoms with E-state index in [9.17, 15) is 0 Å². The van der Waals surface area contributed by atoms with E-state index < -0.39 is 0 Å². The number of rotatable bonds is 7. The highest BCUT2D eigenvalue weighted by atomic mass is 15.2. The summed E-state index contributed by atoms with van der Waals surface area (Å²) in [4.78, 5) is 4.94. The Morgan fingerprint density at radius 2 is 0.963 bits per heavy atom. The largest absolute Gasteiger partial charge is 0.333 e. The molecule has 0 amide bonds. The van der Waals surface area contributed by atoms with Gasteiger partial charge in [0.05, 0.1) is 11.7 Å². The fourth-order valence-corrected chi connectivity index (χ4v) is 8.44. The van der Waals surface area contributed by atoms with Crippen molar-refractivity contribution in [2.75, 3.05) is 9.80 Å². The summed E-state index contributed by atoms with van der Waals surface area (Å²) in [6, 6.07) is 70.7. The first-order valence-corrected chi connectivity index (χ1v) is 18.8. The Labute approximate surface area is 317 Å². The zero-order valence-corrected chi connectivity index (χ0v) is 29.8. The molecule has 0 bridgehead atoms. The van der Waals surface area contributed by atoms with Gasteiger partial charge in [0.25, 0.3) is 0 Å². The summed E-state index contributed by atoms with van der Waals surface area (Å²) in [5.74, 6) is 0.313. The summed E-state index contributed by atoms with van der Waals surface area (Å²) in [5.41, 5.74) is 14.4. The van der Waals surface area contributed by atoms with Gasteiger partial charge in [-0.25, -0.2) is 0 Å². The molecule has 8 aromatic carbocycles. The molecule has 0 fully saturated rings. The number of nitrogens with zero attached hydrogens (tertiary/aromatic N) is 2. The van der Waals surface area contributed by atoms with Crippen molar-refractivity contribution in [2.45, 2.75) is 12.0 Å². The van der Waals surface area contributed by atoms with Gasteiger partial charge in [-0.3, -0.25) is 0 Å². The molecule has 1 aliphatic heterocycles. The Bertz CT molecular complexity index is 2650. The van der Waals surface area contributed by atoms with Crippen LogP contribution in [0.4, 0.5) is 28.4 Å². The molecule has 2 aliphatic rings. The van der Waals surface area contributed by atoms with Crippen LogP contribution in [0.1, 0.15) is 11.5 Å². The molecule has 0 saturated carbocycles. The zero-order valence-electron chi connectivity index (χ0n) is 29.8. The molecular formula is C52H38N2. The summed E-state index contributed by atoms with van der Waals surface area (Å²) in [7, 11) is 0. The fraction of sp³-hybridized carbons (Fsp3) is 0.0385. The molecule has 2 unspecified atom stereocenters. The van der Waals surface area contributed by atoms with Crippen molar-refractivity contribution in [1.82, 2.24) is 0 Å². The molecule has 0 radical (unpaired) electrons. The van der Waals surface area contributed by atoms with Crippen LogP contribution in [0.5, 0.6) is 0 Å². The maximum Gasteiger partial charge on any atom is 0.0629 e. The SMILES string of the molecule is C1=CC2c3ccc4cc(N(c5ccc(-c6ccccc6)cc5)c5ccc(-c6ccccc6)c(-c6ccccc6)c5)ccc4c3N(c3ccccc3)C2C=C1. The molecule has 2 atom stereocenters. The third-order valence-corrected chi connectivity index (χ3v) is 11.0. The molecule has 54 heavy (non-hydrogen) atoms. The van der Waals surface area contributed by atoms with Crippen molar-refractivity contribution in [3.63, 3.8) is 0 Å². The van der Waals surface area contributed by atoms with Gasteiger partial charge in [0, 0.05) is 34.1 Å². The highest BCUT2D eigenvalue weighted by Crippen LogP contribution is 2.51. The predicted molar refractivity (Wildman–Crippen MR) is 228 cm³/mol. The molecule has 256 valence electrons. The van der Waals surface area contributed by atoms with Crippen LogP contribution in [-0.4, -0.2) is 6.04 Å². The van der Waals surface area contributed by atoms with E-state index >= 15 is 0 Å². The van der Waals surface area contributed by atoms with E-state index in [1.54, 1.807) is 0 Å². The lowest BCUT2D eigenvalue weighted by atomic mass is 9.90. The summed E-state index contributed by atoms with van der Waals surface area (Å²) in [5, 5.41) is 2.48. The number of fused-ring (bicyclic) bond motifs is 5. The van der Waals surface area contributed by atoms with Crippen molar-refractivity contribution in [3.8, 4) is 33.4 Å². The second kappa shape index (κ2) is 13.6. The van der Waals surface area contributed by atoms with Crippen LogP contribution in [0.2, 0.25) is 0 Å². The fourth-order valence-electron chi connectivity index (χ4n) is 8.44. The number of hydrogen-bond acceptors (Lipinski definition) is 2.